The number of rotatable bonds is 4. The lowest BCUT2D eigenvalue weighted by molar-refractivity contribution is 1.08. The smallest absolute Gasteiger partial charge is 0.0364 e. The summed E-state index contributed by atoms with van der Waals surface area (Å²) in [6, 6.07) is 55.1. The molecule has 0 heterocycles. The number of benzene rings is 6. The summed E-state index contributed by atoms with van der Waals surface area (Å²) in [4.78, 5) is 0. The van der Waals surface area contributed by atoms with Crippen LogP contribution in [0.3, 0.4) is 0 Å². The van der Waals surface area contributed by atoms with E-state index in [4.69, 9.17) is 0 Å². The Morgan fingerprint density at radius 2 is 0.892 bits per heavy atom. The first-order valence-electron chi connectivity index (χ1n) is 12.9. The van der Waals surface area contributed by atoms with E-state index in [9.17, 15) is 0 Å². The van der Waals surface area contributed by atoms with Gasteiger partial charge in [-0.2, -0.15) is 0 Å². The Morgan fingerprint density at radius 1 is 0.351 bits per heavy atom. The molecule has 37 heavy (non-hydrogen) atoms. The van der Waals surface area contributed by atoms with Gasteiger partial charge in [-0.1, -0.05) is 152 Å². The second-order valence-corrected chi connectivity index (χ2v) is 9.65. The third kappa shape index (κ3) is 3.61. The van der Waals surface area contributed by atoms with Crippen molar-refractivity contribution in [1.29, 1.82) is 0 Å². The van der Waals surface area contributed by atoms with Crippen molar-refractivity contribution in [2.75, 3.05) is 0 Å². The van der Waals surface area contributed by atoms with Gasteiger partial charge in [-0.3, -0.25) is 0 Å². The number of allylic oxidation sites excluding steroid dienone is 1. The maximum Gasteiger partial charge on any atom is 0.0364 e. The molecule has 0 spiro atoms. The summed E-state index contributed by atoms with van der Waals surface area (Å²) in [7, 11) is 0. The Bertz CT molecular complexity index is 1750. The molecule has 7 rings (SSSR count). The Morgan fingerprint density at radius 3 is 1.68 bits per heavy atom. The average molecular weight is 471 g/mol. The van der Waals surface area contributed by atoms with Crippen molar-refractivity contribution in [1.82, 2.24) is 0 Å². The van der Waals surface area contributed by atoms with E-state index in [-0.39, 0.29) is 5.92 Å². The molecular weight excluding hydrogens is 444 g/mol. The number of hydrogen-bond acceptors (Lipinski definition) is 0. The van der Waals surface area contributed by atoms with Crippen molar-refractivity contribution in [3.8, 4) is 11.1 Å². The molecule has 0 saturated heterocycles. The van der Waals surface area contributed by atoms with Gasteiger partial charge >= 0.3 is 0 Å². The van der Waals surface area contributed by atoms with Crippen LogP contribution in [0.15, 0.2) is 152 Å². The zero-order valence-electron chi connectivity index (χ0n) is 20.5. The molecule has 1 aliphatic rings. The van der Waals surface area contributed by atoms with Crippen molar-refractivity contribution < 1.29 is 0 Å². The van der Waals surface area contributed by atoms with E-state index in [0.717, 1.165) is 0 Å². The van der Waals surface area contributed by atoms with Crippen molar-refractivity contribution in [2.45, 2.75) is 5.92 Å². The lowest BCUT2D eigenvalue weighted by Gasteiger charge is -2.22. The quantitative estimate of drug-likeness (QED) is 0.241. The highest BCUT2D eigenvalue weighted by atomic mass is 14.4. The molecule has 6 aromatic carbocycles. The minimum absolute atomic E-state index is 0.127. The molecule has 0 amide bonds. The summed E-state index contributed by atoms with van der Waals surface area (Å²) >= 11 is 0. The van der Waals surface area contributed by atoms with Crippen molar-refractivity contribution >= 4 is 21.9 Å². The third-order valence-electron chi connectivity index (χ3n) is 7.60. The first kappa shape index (κ1) is 21.6. The Labute approximate surface area is 218 Å². The Hall–Kier alpha value is -4.68. The standard InChI is InChI=1S/C37H26/c1-3-14-26(15-4-1)30-21-9-10-22-32(30)37-35(28-17-5-2-6-18-28)33-23-11-12-24-34(33)36(37)31-25-13-19-27-16-7-8-20-29(27)31/h1-25,36H. The second kappa shape index (κ2) is 9.08. The van der Waals surface area contributed by atoms with E-state index in [1.54, 1.807) is 0 Å². The van der Waals surface area contributed by atoms with Gasteiger partial charge in [-0.15, -0.1) is 0 Å². The van der Waals surface area contributed by atoms with E-state index < -0.39 is 0 Å². The fraction of sp³-hybridized carbons (Fsp3) is 0.0270. The van der Waals surface area contributed by atoms with Gasteiger partial charge in [0.05, 0.1) is 0 Å². The van der Waals surface area contributed by atoms with Crippen LogP contribution in [0, 0.1) is 0 Å². The summed E-state index contributed by atoms with van der Waals surface area (Å²) in [5, 5.41) is 2.59. The van der Waals surface area contributed by atoms with E-state index in [1.165, 1.54) is 60.9 Å². The predicted molar refractivity (Wildman–Crippen MR) is 156 cm³/mol. The fourth-order valence-corrected chi connectivity index (χ4v) is 6.04. The molecule has 0 saturated carbocycles. The van der Waals surface area contributed by atoms with E-state index in [2.05, 4.69) is 152 Å². The molecule has 6 aromatic rings. The molecule has 0 heteroatoms. The lowest BCUT2D eigenvalue weighted by atomic mass is 9.80. The van der Waals surface area contributed by atoms with Gasteiger partial charge in [0.15, 0.2) is 0 Å². The minimum Gasteiger partial charge on any atom is -0.0622 e. The zero-order valence-corrected chi connectivity index (χ0v) is 20.5. The van der Waals surface area contributed by atoms with Crippen molar-refractivity contribution in [2.24, 2.45) is 0 Å². The van der Waals surface area contributed by atoms with Gasteiger partial charge in [-0.05, 0) is 60.9 Å². The first-order chi connectivity index (χ1) is 18.4. The Kier molecular flexibility index (Phi) is 5.30. The molecule has 0 fully saturated rings. The largest absolute Gasteiger partial charge is 0.0622 e. The molecule has 0 radical (unpaired) electrons. The van der Waals surface area contributed by atoms with E-state index in [0.29, 0.717) is 0 Å². The molecule has 0 N–H and O–H groups in total. The van der Waals surface area contributed by atoms with Crippen LogP contribution >= 0.6 is 0 Å². The fourth-order valence-electron chi connectivity index (χ4n) is 6.04. The highest BCUT2D eigenvalue weighted by molar-refractivity contribution is 6.10. The van der Waals surface area contributed by atoms with Crippen LogP contribution in [-0.4, -0.2) is 0 Å². The van der Waals surface area contributed by atoms with Crippen LogP contribution in [0.2, 0.25) is 0 Å². The molecule has 174 valence electrons. The number of hydrogen-bond donors (Lipinski definition) is 0. The van der Waals surface area contributed by atoms with Gasteiger partial charge in [0.25, 0.3) is 0 Å². The molecule has 1 unspecified atom stereocenters. The SMILES string of the molecule is c1ccc(C2=C(c3ccccc3-c3ccccc3)C(c3cccc4ccccc34)c3ccccc32)cc1. The summed E-state index contributed by atoms with van der Waals surface area (Å²) in [5.74, 6) is 0.127. The van der Waals surface area contributed by atoms with Crippen LogP contribution in [0.25, 0.3) is 33.0 Å². The van der Waals surface area contributed by atoms with Crippen LogP contribution in [0.5, 0.6) is 0 Å². The van der Waals surface area contributed by atoms with Crippen LogP contribution < -0.4 is 0 Å². The molecular formula is C37H26. The summed E-state index contributed by atoms with van der Waals surface area (Å²) in [6.07, 6.45) is 0. The van der Waals surface area contributed by atoms with Crippen molar-refractivity contribution in [3.05, 3.63) is 179 Å². The lowest BCUT2D eigenvalue weighted by Crippen LogP contribution is -2.03. The normalized spacial score (nSPS) is 14.6. The van der Waals surface area contributed by atoms with Crippen molar-refractivity contribution in [3.63, 3.8) is 0 Å². The van der Waals surface area contributed by atoms with E-state index >= 15 is 0 Å². The van der Waals surface area contributed by atoms with Crippen LogP contribution in [-0.2, 0) is 0 Å². The average Bonchev–Trinajstić information content (AvgIpc) is 3.32. The number of fused-ring (bicyclic) bond motifs is 2. The van der Waals surface area contributed by atoms with E-state index in [1.807, 2.05) is 0 Å². The monoisotopic (exact) mass is 470 g/mol. The third-order valence-corrected chi connectivity index (χ3v) is 7.60. The topological polar surface area (TPSA) is 0 Å². The summed E-state index contributed by atoms with van der Waals surface area (Å²) in [6.45, 7) is 0. The van der Waals surface area contributed by atoms with Gasteiger partial charge in [0.2, 0.25) is 0 Å². The minimum atomic E-state index is 0.127. The zero-order chi connectivity index (χ0) is 24.6. The summed E-state index contributed by atoms with van der Waals surface area (Å²) < 4.78 is 0. The molecule has 0 bridgehead atoms. The first-order valence-corrected chi connectivity index (χ1v) is 12.9. The van der Waals surface area contributed by atoms with Gasteiger partial charge in [0.1, 0.15) is 0 Å². The highest BCUT2D eigenvalue weighted by Gasteiger charge is 2.35. The molecule has 1 aliphatic carbocycles. The van der Waals surface area contributed by atoms with Crippen LogP contribution in [0.1, 0.15) is 33.7 Å². The predicted octanol–water partition coefficient (Wildman–Crippen LogP) is 9.61. The van der Waals surface area contributed by atoms with Crippen LogP contribution in [0.4, 0.5) is 0 Å². The second-order valence-electron chi connectivity index (χ2n) is 9.65. The highest BCUT2D eigenvalue weighted by Crippen LogP contribution is 2.54. The maximum absolute atomic E-state index is 2.32. The Balaban J connectivity index is 1.61. The molecule has 0 aliphatic heterocycles. The molecule has 0 nitrogen and oxygen atoms in total. The summed E-state index contributed by atoms with van der Waals surface area (Å²) in [5.41, 5.74) is 11.8. The maximum atomic E-state index is 2.32. The van der Waals surface area contributed by atoms with Gasteiger partial charge < -0.3 is 0 Å². The van der Waals surface area contributed by atoms with Gasteiger partial charge in [0, 0.05) is 5.92 Å². The molecule has 0 aromatic heterocycles. The molecule has 1 atom stereocenters. The van der Waals surface area contributed by atoms with Gasteiger partial charge in [-0.25, -0.2) is 0 Å².